The zero-order chi connectivity index (χ0) is 18.3. The standard InChI is InChI=1S/C17H28N4O4/c1-17(2,24-11-23)16(18)12-3-5-13(6-4-12)25-15-9-14(19-7-8-22)20-10-21-15/h9-13,16,22H,3-8,18H2,1-2H3,(H,19,20,21). The van der Waals surface area contributed by atoms with E-state index in [1.165, 1.54) is 6.33 Å². The van der Waals surface area contributed by atoms with Crippen LogP contribution in [-0.4, -0.2) is 52.4 Å². The van der Waals surface area contributed by atoms with Crippen LogP contribution in [0.4, 0.5) is 5.82 Å². The number of nitrogens with two attached hydrogens (primary N) is 1. The molecular formula is C17H28N4O4. The van der Waals surface area contributed by atoms with Gasteiger partial charge in [-0.3, -0.25) is 4.79 Å². The summed E-state index contributed by atoms with van der Waals surface area (Å²) in [4.78, 5) is 18.8. The van der Waals surface area contributed by atoms with Crippen molar-refractivity contribution in [1.29, 1.82) is 0 Å². The summed E-state index contributed by atoms with van der Waals surface area (Å²) in [5.41, 5.74) is 5.64. The fraction of sp³-hybridized carbons (Fsp3) is 0.706. The largest absolute Gasteiger partial charge is 0.474 e. The van der Waals surface area contributed by atoms with Crippen molar-refractivity contribution in [2.24, 2.45) is 11.7 Å². The Kier molecular flexibility index (Phi) is 6.95. The molecule has 0 bridgehead atoms. The van der Waals surface area contributed by atoms with E-state index < -0.39 is 5.60 Å². The molecule has 140 valence electrons. The van der Waals surface area contributed by atoms with Crippen molar-refractivity contribution in [2.75, 3.05) is 18.5 Å². The van der Waals surface area contributed by atoms with Crippen molar-refractivity contribution >= 4 is 12.3 Å². The lowest BCUT2D eigenvalue weighted by molar-refractivity contribution is -0.144. The monoisotopic (exact) mass is 352 g/mol. The normalized spacial score (nSPS) is 22.1. The van der Waals surface area contributed by atoms with Gasteiger partial charge in [0.2, 0.25) is 5.88 Å². The fourth-order valence-electron chi connectivity index (χ4n) is 3.19. The molecule has 2 rings (SSSR count). The molecule has 1 heterocycles. The molecule has 4 N–H and O–H groups in total. The van der Waals surface area contributed by atoms with Gasteiger partial charge >= 0.3 is 0 Å². The van der Waals surface area contributed by atoms with Gasteiger partial charge in [-0.05, 0) is 45.4 Å². The molecule has 1 aromatic rings. The van der Waals surface area contributed by atoms with Gasteiger partial charge in [-0.15, -0.1) is 0 Å². The molecule has 0 saturated heterocycles. The van der Waals surface area contributed by atoms with Crippen molar-refractivity contribution in [3.63, 3.8) is 0 Å². The maximum atomic E-state index is 10.6. The lowest BCUT2D eigenvalue weighted by atomic mass is 9.77. The smallest absolute Gasteiger partial charge is 0.293 e. The van der Waals surface area contributed by atoms with Gasteiger partial charge in [0.1, 0.15) is 23.9 Å². The Morgan fingerprint density at radius 2 is 2.12 bits per heavy atom. The number of ether oxygens (including phenoxy) is 2. The maximum absolute atomic E-state index is 10.6. The third-order valence-electron chi connectivity index (χ3n) is 4.73. The summed E-state index contributed by atoms with van der Waals surface area (Å²) in [6, 6.07) is 1.53. The van der Waals surface area contributed by atoms with Gasteiger partial charge in [-0.25, -0.2) is 9.97 Å². The first-order valence-electron chi connectivity index (χ1n) is 8.66. The van der Waals surface area contributed by atoms with Crippen molar-refractivity contribution < 1.29 is 19.4 Å². The van der Waals surface area contributed by atoms with E-state index in [1.54, 1.807) is 6.07 Å². The van der Waals surface area contributed by atoms with E-state index in [0.717, 1.165) is 25.7 Å². The summed E-state index contributed by atoms with van der Waals surface area (Å²) in [5.74, 6) is 1.44. The molecule has 0 radical (unpaired) electrons. The molecule has 1 aromatic heterocycles. The van der Waals surface area contributed by atoms with Gasteiger partial charge in [-0.1, -0.05) is 0 Å². The van der Waals surface area contributed by atoms with Gasteiger partial charge in [0.05, 0.1) is 6.61 Å². The minimum absolute atomic E-state index is 0.0363. The van der Waals surface area contributed by atoms with E-state index >= 15 is 0 Å². The van der Waals surface area contributed by atoms with E-state index in [1.807, 2.05) is 13.8 Å². The molecular weight excluding hydrogens is 324 g/mol. The molecule has 1 fully saturated rings. The van der Waals surface area contributed by atoms with Gasteiger partial charge in [0.25, 0.3) is 6.47 Å². The summed E-state index contributed by atoms with van der Waals surface area (Å²) < 4.78 is 11.1. The summed E-state index contributed by atoms with van der Waals surface area (Å²) >= 11 is 0. The minimum Gasteiger partial charge on any atom is -0.474 e. The lowest BCUT2D eigenvalue weighted by Gasteiger charge is -2.38. The number of nitrogens with zero attached hydrogens (tertiary/aromatic N) is 2. The number of carbonyl (C=O) groups excluding carboxylic acids is 1. The van der Waals surface area contributed by atoms with E-state index in [-0.39, 0.29) is 18.8 Å². The summed E-state index contributed by atoms with van der Waals surface area (Å²) in [6.45, 7) is 4.62. The number of hydrogen-bond acceptors (Lipinski definition) is 8. The van der Waals surface area contributed by atoms with Gasteiger partial charge in [0, 0.05) is 18.7 Å². The first-order chi connectivity index (χ1) is 12.0. The first kappa shape index (κ1) is 19.4. The molecule has 0 aliphatic heterocycles. The van der Waals surface area contributed by atoms with E-state index in [0.29, 0.717) is 30.6 Å². The molecule has 0 aromatic carbocycles. The van der Waals surface area contributed by atoms with Crippen molar-refractivity contribution in [1.82, 2.24) is 9.97 Å². The molecule has 1 atom stereocenters. The van der Waals surface area contributed by atoms with Crippen LogP contribution in [0.1, 0.15) is 39.5 Å². The molecule has 1 unspecified atom stereocenters. The zero-order valence-electron chi connectivity index (χ0n) is 14.9. The van der Waals surface area contributed by atoms with Crippen LogP contribution in [-0.2, 0) is 9.53 Å². The summed E-state index contributed by atoms with van der Waals surface area (Å²) in [7, 11) is 0. The van der Waals surface area contributed by atoms with Gasteiger partial charge < -0.3 is 25.6 Å². The molecule has 25 heavy (non-hydrogen) atoms. The third kappa shape index (κ3) is 5.54. The predicted octanol–water partition coefficient (Wildman–Crippen LogP) is 1.10. The van der Waals surface area contributed by atoms with E-state index in [2.05, 4.69) is 15.3 Å². The number of aliphatic hydroxyl groups excluding tert-OH is 1. The fourth-order valence-corrected chi connectivity index (χ4v) is 3.19. The lowest BCUT2D eigenvalue weighted by Crippen LogP contribution is -2.51. The topological polar surface area (TPSA) is 120 Å². The first-order valence-corrected chi connectivity index (χ1v) is 8.66. The highest BCUT2D eigenvalue weighted by Gasteiger charge is 2.36. The second-order valence-electron chi connectivity index (χ2n) is 6.89. The van der Waals surface area contributed by atoms with Gasteiger partial charge in [0.15, 0.2) is 0 Å². The van der Waals surface area contributed by atoms with Crippen LogP contribution in [0.2, 0.25) is 0 Å². The van der Waals surface area contributed by atoms with Crippen molar-refractivity contribution in [3.05, 3.63) is 12.4 Å². The molecule has 8 nitrogen and oxygen atoms in total. The molecule has 1 aliphatic rings. The number of aromatic nitrogens is 2. The Balaban J connectivity index is 1.85. The zero-order valence-corrected chi connectivity index (χ0v) is 14.9. The second-order valence-corrected chi connectivity index (χ2v) is 6.89. The maximum Gasteiger partial charge on any atom is 0.293 e. The number of nitrogens with one attached hydrogen (secondary N) is 1. The average Bonchev–Trinajstić information content (AvgIpc) is 2.60. The highest BCUT2D eigenvalue weighted by molar-refractivity contribution is 5.38. The number of rotatable bonds is 9. The highest BCUT2D eigenvalue weighted by Crippen LogP contribution is 2.33. The summed E-state index contributed by atoms with van der Waals surface area (Å²) in [5, 5.41) is 11.8. The molecule has 8 heteroatoms. The molecule has 1 saturated carbocycles. The average molecular weight is 352 g/mol. The summed E-state index contributed by atoms with van der Waals surface area (Å²) in [6.07, 6.45) is 5.10. The Labute approximate surface area is 148 Å². The molecule has 0 amide bonds. The predicted molar refractivity (Wildman–Crippen MR) is 93.2 cm³/mol. The van der Waals surface area contributed by atoms with Crippen molar-refractivity contribution in [2.45, 2.75) is 57.3 Å². The quantitative estimate of drug-likeness (QED) is 0.565. The Morgan fingerprint density at radius 3 is 2.76 bits per heavy atom. The number of carbonyl (C=O) groups is 1. The SMILES string of the molecule is CC(C)(OC=O)C(N)C1CCC(Oc2cc(NCCO)ncn2)CC1. The second kappa shape index (κ2) is 8.96. The van der Waals surface area contributed by atoms with Crippen LogP contribution in [0.5, 0.6) is 5.88 Å². The number of aliphatic hydroxyl groups is 1. The van der Waals surface area contributed by atoms with Crippen LogP contribution in [0.3, 0.4) is 0 Å². The van der Waals surface area contributed by atoms with Crippen LogP contribution in [0.25, 0.3) is 0 Å². The number of hydrogen-bond donors (Lipinski definition) is 3. The highest BCUT2D eigenvalue weighted by atomic mass is 16.5. The van der Waals surface area contributed by atoms with Crippen LogP contribution < -0.4 is 15.8 Å². The van der Waals surface area contributed by atoms with Crippen LogP contribution in [0, 0.1) is 5.92 Å². The Morgan fingerprint density at radius 1 is 1.40 bits per heavy atom. The molecule has 0 spiro atoms. The minimum atomic E-state index is -0.667. The van der Waals surface area contributed by atoms with Crippen molar-refractivity contribution in [3.8, 4) is 5.88 Å². The Hall–Kier alpha value is -1.93. The van der Waals surface area contributed by atoms with Crippen LogP contribution in [0.15, 0.2) is 12.4 Å². The van der Waals surface area contributed by atoms with E-state index in [9.17, 15) is 4.79 Å². The number of anilines is 1. The van der Waals surface area contributed by atoms with E-state index in [4.69, 9.17) is 20.3 Å². The Bertz CT molecular complexity index is 547. The van der Waals surface area contributed by atoms with Gasteiger partial charge in [-0.2, -0.15) is 0 Å². The van der Waals surface area contributed by atoms with Crippen LogP contribution >= 0.6 is 0 Å². The molecule has 1 aliphatic carbocycles. The third-order valence-corrected chi connectivity index (χ3v) is 4.73.